The lowest BCUT2D eigenvalue weighted by Gasteiger charge is -2.43. The van der Waals surface area contributed by atoms with Crippen LogP contribution in [0.1, 0.15) is 52.7 Å². The molecule has 0 unspecified atom stereocenters. The van der Waals surface area contributed by atoms with Gasteiger partial charge in [0.25, 0.3) is 0 Å². The zero-order chi connectivity index (χ0) is 33.9. The second-order valence-corrected chi connectivity index (χ2v) is 18.1. The Morgan fingerprint density at radius 3 is 1.76 bits per heavy atom. The van der Waals surface area contributed by atoms with E-state index < -0.39 is 32.4 Å². The minimum Gasteiger partial charge on any atom is -0.512 e. The van der Waals surface area contributed by atoms with Crippen molar-refractivity contribution in [2.24, 2.45) is 0 Å². The summed E-state index contributed by atoms with van der Waals surface area (Å²) in [6.07, 6.45) is -2.78. The third kappa shape index (κ3) is 9.36. The van der Waals surface area contributed by atoms with Gasteiger partial charge < -0.3 is 38.9 Å². The van der Waals surface area contributed by atoms with Crippen molar-refractivity contribution in [1.82, 2.24) is 0 Å². The van der Waals surface area contributed by atoms with Crippen molar-refractivity contribution in [3.63, 3.8) is 0 Å². The average molecular weight is 652 g/mol. The maximum atomic E-state index is 11.6. The fourth-order valence-corrected chi connectivity index (χ4v) is 11.8. The lowest BCUT2D eigenvalue weighted by Crippen LogP contribution is -2.52. The van der Waals surface area contributed by atoms with Gasteiger partial charge in [0.05, 0.1) is 26.9 Å². The first kappa shape index (κ1) is 37.1. The first-order chi connectivity index (χ1) is 21.9. The van der Waals surface area contributed by atoms with Crippen LogP contribution in [0.2, 0.25) is 16.6 Å². The Bertz CT molecular complexity index is 1310. The number of rotatable bonds is 18. The van der Waals surface area contributed by atoms with Crippen LogP contribution < -0.4 is 9.64 Å². The summed E-state index contributed by atoms with van der Waals surface area (Å²) in [5, 5.41) is 32.4. The SMILES string of the molecule is COc1ccc(CO[C@H]([C@H](O)CO[Si](C(C)C)(C(C)C)C(C)C)[C@H](OCc2ccc(N(C)c3ccccc3)cc2)C(O)=CO)cc1. The van der Waals surface area contributed by atoms with Gasteiger partial charge in [0.1, 0.15) is 30.3 Å². The van der Waals surface area contributed by atoms with E-state index in [0.29, 0.717) is 28.6 Å². The van der Waals surface area contributed by atoms with Crippen molar-refractivity contribution in [1.29, 1.82) is 0 Å². The fraction of sp³-hybridized carbons (Fsp3) is 0.459. The molecule has 3 aromatic rings. The summed E-state index contributed by atoms with van der Waals surface area (Å²) in [5.74, 6) is 0.272. The number of para-hydroxylation sites is 1. The van der Waals surface area contributed by atoms with E-state index in [0.717, 1.165) is 22.5 Å². The van der Waals surface area contributed by atoms with Crippen molar-refractivity contribution in [2.75, 3.05) is 25.7 Å². The summed E-state index contributed by atoms with van der Waals surface area (Å²) in [6.45, 7) is 13.4. The van der Waals surface area contributed by atoms with Gasteiger partial charge in [-0.3, -0.25) is 0 Å². The fourth-order valence-electron chi connectivity index (χ4n) is 6.36. The summed E-state index contributed by atoms with van der Waals surface area (Å²) in [4.78, 5) is 2.09. The van der Waals surface area contributed by atoms with Crippen molar-refractivity contribution in [3.8, 4) is 5.75 Å². The number of hydrogen-bond donors (Lipinski definition) is 3. The van der Waals surface area contributed by atoms with Gasteiger partial charge in [-0.15, -0.1) is 0 Å². The second-order valence-electron chi connectivity index (χ2n) is 12.7. The van der Waals surface area contributed by atoms with Crippen LogP contribution in [0.3, 0.4) is 0 Å². The summed E-state index contributed by atoms with van der Waals surface area (Å²) >= 11 is 0. The highest BCUT2D eigenvalue weighted by atomic mass is 28.4. The Balaban J connectivity index is 1.84. The average Bonchev–Trinajstić information content (AvgIpc) is 3.06. The Hall–Kier alpha value is -3.34. The van der Waals surface area contributed by atoms with Crippen LogP contribution in [0, 0.1) is 0 Å². The molecular formula is C37H53NO7Si. The number of aliphatic hydroxyl groups excluding tert-OH is 3. The summed E-state index contributed by atoms with van der Waals surface area (Å²) in [7, 11) is 1.29. The van der Waals surface area contributed by atoms with E-state index in [4.69, 9.17) is 18.6 Å². The number of methoxy groups -OCH3 is 1. The molecule has 0 aliphatic carbocycles. The lowest BCUT2D eigenvalue weighted by atomic mass is 10.1. The van der Waals surface area contributed by atoms with E-state index in [2.05, 4.69) is 46.4 Å². The minimum atomic E-state index is -2.32. The van der Waals surface area contributed by atoms with Crippen LogP contribution in [0.25, 0.3) is 0 Å². The Labute approximate surface area is 276 Å². The third-order valence-electron chi connectivity index (χ3n) is 8.81. The van der Waals surface area contributed by atoms with Gasteiger partial charge in [-0.25, -0.2) is 0 Å². The van der Waals surface area contributed by atoms with E-state index in [1.54, 1.807) is 7.11 Å². The highest BCUT2D eigenvalue weighted by molar-refractivity contribution is 6.77. The van der Waals surface area contributed by atoms with E-state index in [1.807, 2.05) is 85.9 Å². The Morgan fingerprint density at radius 1 is 0.761 bits per heavy atom. The molecule has 0 fully saturated rings. The molecule has 0 aliphatic heterocycles. The standard InChI is InChI=1S/C37H53NO7Si/c1-26(2)46(27(3)4,28(5)6)45-25-35(41)37(44-24-30-16-20-33(42-8)21-17-30)36(34(40)22-39)43-23-29-14-18-32(19-15-29)38(7)31-12-10-9-11-13-31/h9-22,26-28,35-37,39-41H,23-25H2,1-8H3/t35-,36-,37-/m1/s1. The number of anilines is 2. The molecule has 252 valence electrons. The van der Waals surface area contributed by atoms with Gasteiger partial charge in [0.2, 0.25) is 0 Å². The number of aliphatic hydroxyl groups is 3. The molecular weight excluding hydrogens is 598 g/mol. The Kier molecular flexibility index (Phi) is 14.2. The van der Waals surface area contributed by atoms with Crippen LogP contribution in [0.4, 0.5) is 11.4 Å². The molecule has 0 saturated heterocycles. The molecule has 0 spiro atoms. The van der Waals surface area contributed by atoms with Crippen molar-refractivity contribution >= 4 is 19.7 Å². The normalized spacial score (nSPS) is 14.5. The molecule has 0 aliphatic rings. The highest BCUT2D eigenvalue weighted by Crippen LogP contribution is 2.42. The molecule has 46 heavy (non-hydrogen) atoms. The number of nitrogens with zero attached hydrogens (tertiary/aromatic N) is 1. The molecule has 9 heteroatoms. The van der Waals surface area contributed by atoms with Gasteiger partial charge in [0.15, 0.2) is 14.1 Å². The summed E-state index contributed by atoms with van der Waals surface area (Å²) in [5.41, 5.74) is 4.73. The molecule has 0 heterocycles. The quantitative estimate of drug-likeness (QED) is 0.0931. The van der Waals surface area contributed by atoms with Gasteiger partial charge in [-0.05, 0) is 64.1 Å². The second kappa shape index (κ2) is 17.5. The van der Waals surface area contributed by atoms with Crippen LogP contribution in [0.5, 0.6) is 5.75 Å². The van der Waals surface area contributed by atoms with Gasteiger partial charge in [-0.1, -0.05) is 84.0 Å². The largest absolute Gasteiger partial charge is 0.512 e. The first-order valence-corrected chi connectivity index (χ1v) is 18.2. The van der Waals surface area contributed by atoms with E-state index >= 15 is 0 Å². The molecule has 0 aromatic heterocycles. The predicted octanol–water partition coefficient (Wildman–Crippen LogP) is 8.44. The lowest BCUT2D eigenvalue weighted by molar-refractivity contribution is -0.137. The van der Waals surface area contributed by atoms with E-state index in [-0.39, 0.29) is 19.8 Å². The molecule has 0 bridgehead atoms. The van der Waals surface area contributed by atoms with Crippen molar-refractivity contribution < 1.29 is 34.0 Å². The number of hydrogen-bond acceptors (Lipinski definition) is 8. The molecule has 3 N–H and O–H groups in total. The van der Waals surface area contributed by atoms with Crippen LogP contribution in [0.15, 0.2) is 90.9 Å². The number of benzene rings is 3. The van der Waals surface area contributed by atoms with Crippen molar-refractivity contribution in [2.45, 2.75) is 89.7 Å². The third-order valence-corrected chi connectivity index (χ3v) is 14.9. The summed E-state index contributed by atoms with van der Waals surface area (Å²) < 4.78 is 24.5. The number of ether oxygens (including phenoxy) is 3. The molecule has 0 radical (unpaired) electrons. The van der Waals surface area contributed by atoms with Crippen LogP contribution in [-0.2, 0) is 27.1 Å². The zero-order valence-electron chi connectivity index (χ0n) is 28.6. The maximum absolute atomic E-state index is 11.6. The molecule has 3 rings (SSSR count). The van der Waals surface area contributed by atoms with E-state index in [1.165, 1.54) is 0 Å². The topological polar surface area (TPSA) is 101 Å². The molecule has 3 aromatic carbocycles. The smallest absolute Gasteiger partial charge is 0.200 e. The Morgan fingerprint density at radius 2 is 1.26 bits per heavy atom. The first-order valence-electron chi connectivity index (χ1n) is 16.0. The summed E-state index contributed by atoms with van der Waals surface area (Å²) in [6, 6.07) is 25.4. The van der Waals surface area contributed by atoms with Gasteiger partial charge in [-0.2, -0.15) is 0 Å². The molecule has 0 amide bonds. The van der Waals surface area contributed by atoms with Gasteiger partial charge >= 0.3 is 0 Å². The van der Waals surface area contributed by atoms with Gasteiger partial charge in [0, 0.05) is 18.4 Å². The monoisotopic (exact) mass is 651 g/mol. The molecule has 8 nitrogen and oxygen atoms in total. The van der Waals surface area contributed by atoms with E-state index in [9.17, 15) is 15.3 Å². The van der Waals surface area contributed by atoms with Crippen LogP contribution >= 0.6 is 0 Å². The zero-order valence-corrected chi connectivity index (χ0v) is 29.6. The van der Waals surface area contributed by atoms with Crippen LogP contribution in [-0.4, -0.2) is 62.7 Å². The van der Waals surface area contributed by atoms with Crippen molar-refractivity contribution in [3.05, 3.63) is 102 Å². The highest BCUT2D eigenvalue weighted by Gasteiger charge is 2.46. The molecule has 3 atom stereocenters. The maximum Gasteiger partial charge on any atom is 0.200 e. The minimum absolute atomic E-state index is 0.00707. The molecule has 0 saturated carbocycles. The predicted molar refractivity (Wildman–Crippen MR) is 187 cm³/mol.